The van der Waals surface area contributed by atoms with Crippen molar-refractivity contribution in [1.82, 2.24) is 10.4 Å². The first-order valence-corrected chi connectivity index (χ1v) is 4.51. The van der Waals surface area contributed by atoms with E-state index in [1.54, 1.807) is 20.8 Å². The van der Waals surface area contributed by atoms with E-state index in [9.17, 15) is 9.59 Å². The van der Waals surface area contributed by atoms with E-state index in [2.05, 4.69) is 5.32 Å². The summed E-state index contributed by atoms with van der Waals surface area (Å²) >= 11 is 0. The van der Waals surface area contributed by atoms with Gasteiger partial charge in [-0.3, -0.25) is 9.63 Å². The van der Waals surface area contributed by atoms with E-state index in [0.717, 1.165) is 5.06 Å². The molecule has 0 rings (SSSR count). The Balaban J connectivity index is 4.79. The maximum absolute atomic E-state index is 11.7. The molecule has 0 aromatic heterocycles. The summed E-state index contributed by atoms with van der Waals surface area (Å²) < 4.78 is 0. The summed E-state index contributed by atoms with van der Waals surface area (Å²) in [7, 11) is 2.78. The lowest BCUT2D eigenvalue weighted by molar-refractivity contribution is -0.173. The normalized spacial score (nSPS) is 13.1. The molecule has 6 nitrogen and oxygen atoms in total. The van der Waals surface area contributed by atoms with E-state index < -0.39 is 23.5 Å². The first-order valence-electron chi connectivity index (χ1n) is 4.51. The van der Waals surface area contributed by atoms with E-state index in [-0.39, 0.29) is 0 Å². The van der Waals surface area contributed by atoms with Gasteiger partial charge in [-0.2, -0.15) is 0 Å². The van der Waals surface area contributed by atoms with Crippen molar-refractivity contribution in [3.8, 4) is 0 Å². The summed E-state index contributed by atoms with van der Waals surface area (Å²) in [6.45, 7) is 5.32. The van der Waals surface area contributed by atoms with Gasteiger partial charge in [-0.15, -0.1) is 0 Å². The van der Waals surface area contributed by atoms with Gasteiger partial charge in [0.25, 0.3) is 5.91 Å². The lowest BCUT2D eigenvalue weighted by atomic mass is 9.86. The number of rotatable bonds is 3. The first-order chi connectivity index (χ1) is 6.70. The summed E-state index contributed by atoms with van der Waals surface area (Å²) in [5, 5.41) is 11.8. The van der Waals surface area contributed by atoms with Gasteiger partial charge >= 0.3 is 6.09 Å². The van der Waals surface area contributed by atoms with Crippen LogP contribution in [0.15, 0.2) is 0 Å². The number of hydrogen-bond acceptors (Lipinski definition) is 3. The number of nitrogens with one attached hydrogen (secondary N) is 1. The Kier molecular flexibility index (Phi) is 4.54. The van der Waals surface area contributed by atoms with Crippen molar-refractivity contribution < 1.29 is 19.5 Å². The second kappa shape index (κ2) is 4.97. The van der Waals surface area contributed by atoms with Crippen LogP contribution in [0, 0.1) is 5.41 Å². The maximum atomic E-state index is 11.7. The summed E-state index contributed by atoms with van der Waals surface area (Å²) in [5.41, 5.74) is -0.512. The van der Waals surface area contributed by atoms with Crippen LogP contribution < -0.4 is 5.32 Å². The Bertz CT molecular complexity index is 247. The minimum Gasteiger partial charge on any atom is -0.465 e. The third-order valence-corrected chi connectivity index (χ3v) is 1.97. The molecule has 0 aliphatic heterocycles. The molecule has 1 unspecified atom stereocenters. The molecule has 0 aliphatic carbocycles. The standard InChI is InChI=1S/C9H18N2O4/c1-9(2,3)6(10-8(13)14)7(12)11(4)15-5/h6,10H,1-5H3,(H,13,14). The molecular weight excluding hydrogens is 200 g/mol. The largest absolute Gasteiger partial charge is 0.465 e. The van der Waals surface area contributed by atoms with Crippen molar-refractivity contribution in [1.29, 1.82) is 0 Å². The summed E-state index contributed by atoms with van der Waals surface area (Å²) in [6, 6.07) is -0.833. The fraction of sp³-hybridized carbons (Fsp3) is 0.778. The second-order valence-corrected chi connectivity index (χ2v) is 4.27. The quantitative estimate of drug-likeness (QED) is 0.683. The Labute approximate surface area is 89.2 Å². The zero-order valence-corrected chi connectivity index (χ0v) is 9.70. The highest BCUT2D eigenvalue weighted by Gasteiger charge is 2.34. The maximum Gasteiger partial charge on any atom is 0.405 e. The van der Waals surface area contributed by atoms with Crippen molar-refractivity contribution in [3.63, 3.8) is 0 Å². The molecule has 6 heteroatoms. The molecule has 2 N–H and O–H groups in total. The van der Waals surface area contributed by atoms with E-state index in [1.807, 2.05) is 0 Å². The Morgan fingerprint density at radius 3 is 2.13 bits per heavy atom. The van der Waals surface area contributed by atoms with E-state index in [4.69, 9.17) is 9.94 Å². The molecule has 15 heavy (non-hydrogen) atoms. The molecule has 0 saturated carbocycles. The topological polar surface area (TPSA) is 78.9 Å². The number of hydroxylamine groups is 2. The lowest BCUT2D eigenvalue weighted by Gasteiger charge is -2.31. The van der Waals surface area contributed by atoms with E-state index >= 15 is 0 Å². The van der Waals surface area contributed by atoms with Gasteiger partial charge in [-0.1, -0.05) is 20.8 Å². The van der Waals surface area contributed by atoms with Crippen molar-refractivity contribution in [3.05, 3.63) is 0 Å². The van der Waals surface area contributed by atoms with Crippen LogP contribution in [0.4, 0.5) is 4.79 Å². The molecule has 0 fully saturated rings. The minimum absolute atomic E-state index is 0.424. The van der Waals surface area contributed by atoms with Gasteiger partial charge in [-0.05, 0) is 5.41 Å². The Hall–Kier alpha value is -1.30. The number of carbonyl (C=O) groups excluding carboxylic acids is 1. The van der Waals surface area contributed by atoms with Crippen LogP contribution in [-0.2, 0) is 9.63 Å². The van der Waals surface area contributed by atoms with Crippen LogP contribution in [0.3, 0.4) is 0 Å². The Morgan fingerprint density at radius 2 is 1.87 bits per heavy atom. The monoisotopic (exact) mass is 218 g/mol. The first kappa shape index (κ1) is 13.7. The molecular formula is C9H18N2O4. The average Bonchev–Trinajstić information content (AvgIpc) is 2.09. The molecule has 0 saturated heterocycles. The smallest absolute Gasteiger partial charge is 0.405 e. The van der Waals surface area contributed by atoms with Crippen LogP contribution in [0.5, 0.6) is 0 Å². The summed E-state index contributed by atoms with van der Waals surface area (Å²) in [6.07, 6.45) is -1.23. The van der Waals surface area contributed by atoms with Crippen molar-refractivity contribution in [2.24, 2.45) is 5.41 Å². The SMILES string of the molecule is CON(C)C(=O)C(NC(=O)O)C(C)(C)C. The van der Waals surface area contributed by atoms with Gasteiger partial charge in [0, 0.05) is 7.05 Å². The predicted molar refractivity (Wildman–Crippen MR) is 54.2 cm³/mol. The van der Waals surface area contributed by atoms with Crippen LogP contribution in [0.25, 0.3) is 0 Å². The zero-order chi connectivity index (χ0) is 12.2. The number of nitrogens with zero attached hydrogens (tertiary/aromatic N) is 1. The number of carboxylic acid groups (broad SMARTS) is 1. The van der Waals surface area contributed by atoms with Crippen LogP contribution >= 0.6 is 0 Å². The van der Waals surface area contributed by atoms with Crippen molar-refractivity contribution in [2.45, 2.75) is 26.8 Å². The van der Waals surface area contributed by atoms with Gasteiger partial charge in [0.2, 0.25) is 0 Å². The number of carbonyl (C=O) groups is 2. The van der Waals surface area contributed by atoms with Gasteiger partial charge in [0.05, 0.1) is 7.11 Å². The van der Waals surface area contributed by atoms with E-state index in [0.29, 0.717) is 0 Å². The van der Waals surface area contributed by atoms with E-state index in [1.165, 1.54) is 14.2 Å². The number of likely N-dealkylation sites (N-methyl/N-ethyl adjacent to an activating group) is 1. The van der Waals surface area contributed by atoms with Gasteiger partial charge in [-0.25, -0.2) is 9.86 Å². The molecule has 0 spiro atoms. The third-order valence-electron chi connectivity index (χ3n) is 1.97. The molecule has 0 radical (unpaired) electrons. The van der Waals surface area contributed by atoms with Gasteiger partial charge in [0.15, 0.2) is 0 Å². The van der Waals surface area contributed by atoms with Crippen LogP contribution in [0.1, 0.15) is 20.8 Å². The van der Waals surface area contributed by atoms with Crippen molar-refractivity contribution in [2.75, 3.05) is 14.2 Å². The fourth-order valence-electron chi connectivity index (χ4n) is 1.04. The molecule has 1 atom stereocenters. The molecule has 0 aromatic carbocycles. The molecule has 88 valence electrons. The molecule has 2 amide bonds. The van der Waals surface area contributed by atoms with Gasteiger partial charge < -0.3 is 10.4 Å². The number of amides is 2. The number of hydrogen-bond donors (Lipinski definition) is 2. The highest BCUT2D eigenvalue weighted by atomic mass is 16.7. The summed E-state index contributed by atoms with van der Waals surface area (Å²) in [5.74, 6) is -0.424. The molecule has 0 bridgehead atoms. The van der Waals surface area contributed by atoms with Crippen LogP contribution in [-0.4, -0.2) is 42.4 Å². The highest BCUT2D eigenvalue weighted by Crippen LogP contribution is 2.20. The third kappa shape index (κ3) is 4.16. The Morgan fingerprint density at radius 1 is 1.40 bits per heavy atom. The highest BCUT2D eigenvalue weighted by molar-refractivity contribution is 5.85. The molecule has 0 heterocycles. The molecule has 0 aliphatic rings. The summed E-state index contributed by atoms with van der Waals surface area (Å²) in [4.78, 5) is 27.0. The minimum atomic E-state index is -1.23. The fourth-order valence-corrected chi connectivity index (χ4v) is 1.04. The zero-order valence-electron chi connectivity index (χ0n) is 9.70. The molecule has 0 aromatic rings. The average molecular weight is 218 g/mol. The second-order valence-electron chi connectivity index (χ2n) is 4.27. The lowest BCUT2D eigenvalue weighted by Crippen LogP contribution is -2.53. The van der Waals surface area contributed by atoms with Crippen LogP contribution in [0.2, 0.25) is 0 Å². The van der Waals surface area contributed by atoms with Crippen molar-refractivity contribution >= 4 is 12.0 Å². The van der Waals surface area contributed by atoms with Gasteiger partial charge in [0.1, 0.15) is 6.04 Å². The predicted octanol–water partition coefficient (Wildman–Crippen LogP) is 0.688.